The Labute approximate surface area is 176 Å². The number of anilines is 1. The number of halogens is 1. The lowest BCUT2D eigenvalue weighted by atomic mass is 10.1. The number of rotatable bonds is 12. The molecule has 0 unspecified atom stereocenters. The molecule has 1 heterocycles. The highest BCUT2D eigenvalue weighted by atomic mass is 35.5. The molecule has 1 aromatic rings. The van der Waals surface area contributed by atoms with Crippen LogP contribution in [0, 0.1) is 0 Å². The Hall–Kier alpha value is -1.46. The Balaban J connectivity index is 0.00000392. The van der Waals surface area contributed by atoms with E-state index in [0.717, 1.165) is 26.1 Å². The number of nitrogens with zero attached hydrogens (tertiary/aromatic N) is 1. The molecule has 1 aliphatic rings. The average molecular weight is 413 g/mol. The quantitative estimate of drug-likeness (QED) is 0.435. The number of hydrogen-bond acceptors (Lipinski definition) is 4. The van der Waals surface area contributed by atoms with Gasteiger partial charge in [-0.3, -0.25) is 10.2 Å². The fourth-order valence-corrected chi connectivity index (χ4v) is 3.36. The van der Waals surface area contributed by atoms with Crippen LogP contribution in [-0.4, -0.2) is 43.8 Å². The van der Waals surface area contributed by atoms with E-state index in [1.807, 2.05) is 24.3 Å². The first-order valence-electron chi connectivity index (χ1n) is 10.7. The summed E-state index contributed by atoms with van der Waals surface area (Å²) < 4.78 is 11.2. The first-order valence-corrected chi connectivity index (χ1v) is 10.7. The van der Waals surface area contributed by atoms with Crippen LogP contribution in [0.4, 0.5) is 10.5 Å². The van der Waals surface area contributed by atoms with Crippen molar-refractivity contribution in [3.05, 3.63) is 24.3 Å². The summed E-state index contributed by atoms with van der Waals surface area (Å²) in [7, 11) is 0. The van der Waals surface area contributed by atoms with Crippen molar-refractivity contribution in [2.75, 3.05) is 38.2 Å². The Kier molecular flexibility index (Phi) is 13.6. The molecule has 1 aromatic carbocycles. The molecule has 0 saturated carbocycles. The maximum atomic E-state index is 12.1. The maximum absolute atomic E-state index is 12.1. The number of unbranched alkanes of at least 4 members (excludes halogenated alkanes) is 5. The topological polar surface area (TPSA) is 50.8 Å². The molecule has 0 aliphatic carbocycles. The molecule has 1 saturated heterocycles. The van der Waals surface area contributed by atoms with Crippen molar-refractivity contribution in [2.45, 2.75) is 64.7 Å². The van der Waals surface area contributed by atoms with Gasteiger partial charge in [0, 0.05) is 6.54 Å². The van der Waals surface area contributed by atoms with Gasteiger partial charge >= 0.3 is 6.09 Å². The summed E-state index contributed by atoms with van der Waals surface area (Å²) in [5.74, 6) is 0.707. The predicted octanol–water partition coefficient (Wildman–Crippen LogP) is 5.88. The molecule has 1 N–H and O–H groups in total. The van der Waals surface area contributed by atoms with Gasteiger partial charge in [0.05, 0.1) is 12.3 Å². The lowest BCUT2D eigenvalue weighted by Gasteiger charge is -2.25. The third kappa shape index (κ3) is 10.2. The normalized spacial score (nSPS) is 14.2. The minimum Gasteiger partial charge on any atom is -0.491 e. The third-order valence-electron chi connectivity index (χ3n) is 4.97. The van der Waals surface area contributed by atoms with E-state index < -0.39 is 6.09 Å². The second-order valence-corrected chi connectivity index (χ2v) is 7.28. The summed E-state index contributed by atoms with van der Waals surface area (Å²) in [6.45, 7) is 6.36. The average Bonchev–Trinajstić information content (AvgIpc) is 2.69. The molecule has 1 amide bonds. The van der Waals surface area contributed by atoms with Crippen LogP contribution >= 0.6 is 12.4 Å². The van der Waals surface area contributed by atoms with Gasteiger partial charge in [0.1, 0.15) is 12.4 Å². The van der Waals surface area contributed by atoms with Crippen LogP contribution in [0.15, 0.2) is 24.3 Å². The summed E-state index contributed by atoms with van der Waals surface area (Å²) >= 11 is 0. The van der Waals surface area contributed by atoms with E-state index in [2.05, 4.69) is 17.1 Å². The lowest BCUT2D eigenvalue weighted by Crippen LogP contribution is -2.33. The number of likely N-dealkylation sites (tertiary alicyclic amines) is 1. The molecular formula is C22H37ClN2O3. The number of carbonyl (C=O) groups is 1. The Bertz CT molecular complexity index is 536. The molecule has 6 heteroatoms. The van der Waals surface area contributed by atoms with Gasteiger partial charge in [0.25, 0.3) is 0 Å². The molecule has 0 aromatic heterocycles. The van der Waals surface area contributed by atoms with Gasteiger partial charge < -0.3 is 9.47 Å². The smallest absolute Gasteiger partial charge is 0.411 e. The highest BCUT2D eigenvalue weighted by Crippen LogP contribution is 2.24. The van der Waals surface area contributed by atoms with Gasteiger partial charge in [-0.25, -0.2) is 4.79 Å². The molecule has 2 rings (SSSR count). The van der Waals surface area contributed by atoms with Gasteiger partial charge in [-0.05, 0) is 44.5 Å². The Morgan fingerprint density at radius 2 is 1.71 bits per heavy atom. The SMILES string of the molecule is CCCCCCCCOc1ccccc1NC(=O)OCCN1CCCCC1.Cl. The number of amides is 1. The monoisotopic (exact) mass is 412 g/mol. The molecule has 0 radical (unpaired) electrons. The van der Waals surface area contributed by atoms with Crippen molar-refractivity contribution < 1.29 is 14.3 Å². The van der Waals surface area contributed by atoms with E-state index >= 15 is 0 Å². The molecule has 1 fully saturated rings. The molecule has 28 heavy (non-hydrogen) atoms. The zero-order chi connectivity index (χ0) is 19.2. The molecule has 160 valence electrons. The number of benzene rings is 1. The fourth-order valence-electron chi connectivity index (χ4n) is 3.36. The van der Waals surface area contributed by atoms with E-state index in [9.17, 15) is 4.79 Å². The van der Waals surface area contributed by atoms with Crippen LogP contribution in [0.5, 0.6) is 5.75 Å². The summed E-state index contributed by atoms with van der Waals surface area (Å²) in [6, 6.07) is 7.55. The van der Waals surface area contributed by atoms with E-state index in [1.54, 1.807) is 0 Å². The van der Waals surface area contributed by atoms with Crippen molar-refractivity contribution in [3.8, 4) is 5.75 Å². The molecule has 0 spiro atoms. The van der Waals surface area contributed by atoms with Crippen LogP contribution < -0.4 is 10.1 Å². The number of para-hydroxylation sites is 2. The summed E-state index contributed by atoms with van der Waals surface area (Å²) in [5.41, 5.74) is 0.673. The van der Waals surface area contributed by atoms with Crippen molar-refractivity contribution in [2.24, 2.45) is 0 Å². The molecule has 0 bridgehead atoms. The van der Waals surface area contributed by atoms with Crippen LogP contribution in [0.25, 0.3) is 0 Å². The molecule has 0 atom stereocenters. The van der Waals surface area contributed by atoms with Gasteiger partial charge in [-0.1, -0.05) is 57.6 Å². The van der Waals surface area contributed by atoms with Crippen molar-refractivity contribution in [3.63, 3.8) is 0 Å². The molecular weight excluding hydrogens is 376 g/mol. The van der Waals surface area contributed by atoms with E-state index in [0.29, 0.717) is 24.7 Å². The number of ether oxygens (including phenoxy) is 2. The third-order valence-corrected chi connectivity index (χ3v) is 4.97. The van der Waals surface area contributed by atoms with E-state index in [1.165, 1.54) is 51.4 Å². The summed E-state index contributed by atoms with van der Waals surface area (Å²) in [4.78, 5) is 14.4. The van der Waals surface area contributed by atoms with Crippen LogP contribution in [0.3, 0.4) is 0 Å². The van der Waals surface area contributed by atoms with Crippen molar-refractivity contribution in [1.82, 2.24) is 4.90 Å². The standard InChI is InChI=1S/C22H36N2O3.ClH/c1-2-3-4-5-6-12-18-26-21-14-9-8-13-20(21)23-22(25)27-19-17-24-15-10-7-11-16-24;/h8-9,13-14H,2-7,10-12,15-19H2,1H3,(H,23,25);1H. The molecule has 5 nitrogen and oxygen atoms in total. The largest absolute Gasteiger partial charge is 0.491 e. The highest BCUT2D eigenvalue weighted by Gasteiger charge is 2.12. The number of carbonyl (C=O) groups excluding carboxylic acids is 1. The van der Waals surface area contributed by atoms with Crippen molar-refractivity contribution in [1.29, 1.82) is 0 Å². The first kappa shape index (κ1) is 24.6. The van der Waals surface area contributed by atoms with Crippen LogP contribution in [0.2, 0.25) is 0 Å². The van der Waals surface area contributed by atoms with Crippen LogP contribution in [0.1, 0.15) is 64.7 Å². The Morgan fingerprint density at radius 1 is 1.00 bits per heavy atom. The fraction of sp³-hybridized carbons (Fsp3) is 0.682. The number of hydrogen-bond donors (Lipinski definition) is 1. The van der Waals surface area contributed by atoms with Gasteiger partial charge in [0.2, 0.25) is 0 Å². The zero-order valence-corrected chi connectivity index (χ0v) is 18.1. The Morgan fingerprint density at radius 3 is 2.50 bits per heavy atom. The summed E-state index contributed by atoms with van der Waals surface area (Å²) in [5, 5.41) is 2.81. The van der Waals surface area contributed by atoms with Gasteiger partial charge in [0.15, 0.2) is 0 Å². The van der Waals surface area contributed by atoms with Gasteiger partial charge in [-0.15, -0.1) is 12.4 Å². The van der Waals surface area contributed by atoms with Crippen molar-refractivity contribution >= 4 is 24.2 Å². The number of piperidine rings is 1. The lowest BCUT2D eigenvalue weighted by molar-refractivity contribution is 0.131. The first-order chi connectivity index (χ1) is 13.3. The minimum absolute atomic E-state index is 0. The van der Waals surface area contributed by atoms with E-state index in [-0.39, 0.29) is 12.4 Å². The van der Waals surface area contributed by atoms with E-state index in [4.69, 9.17) is 9.47 Å². The number of nitrogens with one attached hydrogen (secondary N) is 1. The molecule has 1 aliphatic heterocycles. The van der Waals surface area contributed by atoms with Gasteiger partial charge in [-0.2, -0.15) is 0 Å². The second kappa shape index (κ2) is 15.5. The highest BCUT2D eigenvalue weighted by molar-refractivity contribution is 5.86. The predicted molar refractivity (Wildman–Crippen MR) is 118 cm³/mol. The zero-order valence-electron chi connectivity index (χ0n) is 17.3. The maximum Gasteiger partial charge on any atom is 0.411 e. The minimum atomic E-state index is -0.414. The second-order valence-electron chi connectivity index (χ2n) is 7.28. The summed E-state index contributed by atoms with van der Waals surface area (Å²) in [6.07, 6.45) is 10.8. The van der Waals surface area contributed by atoms with Crippen LogP contribution in [-0.2, 0) is 4.74 Å².